The van der Waals surface area contributed by atoms with Gasteiger partial charge < -0.3 is 57.1 Å². The van der Waals surface area contributed by atoms with E-state index in [1.165, 1.54) is 88.0 Å². The van der Waals surface area contributed by atoms with Gasteiger partial charge in [-0.3, -0.25) is 24.0 Å². The fourth-order valence-electron chi connectivity index (χ4n) is 11.5. The Morgan fingerprint density at radius 2 is 1.35 bits per heavy atom. The number of quaternary nitrogens is 1. The smallest absolute Gasteiger partial charge is 0.430 e. The van der Waals surface area contributed by atoms with Crippen LogP contribution in [0, 0.1) is 23.7 Å². The van der Waals surface area contributed by atoms with Crippen molar-refractivity contribution in [1.29, 1.82) is 0 Å². The summed E-state index contributed by atoms with van der Waals surface area (Å²) in [5.41, 5.74) is 8.77. The van der Waals surface area contributed by atoms with Gasteiger partial charge in [-0.2, -0.15) is 13.2 Å². The van der Waals surface area contributed by atoms with E-state index in [0.29, 0.717) is 36.4 Å². The molecule has 17 nitrogen and oxygen atoms in total. The van der Waals surface area contributed by atoms with Crippen LogP contribution in [0.1, 0.15) is 104 Å². The molecule has 4 atom stereocenters. The highest BCUT2D eigenvalue weighted by molar-refractivity contribution is 5.97. The lowest BCUT2D eigenvalue weighted by molar-refractivity contribution is -0.368. The quantitative estimate of drug-likeness (QED) is 0.0832. The Balaban J connectivity index is 0.00000109. The van der Waals surface area contributed by atoms with Crippen LogP contribution in [0.5, 0.6) is 11.5 Å². The number of phenolic OH excluding ortho intramolecular Hbond substituents is 2. The zero-order valence-electron chi connectivity index (χ0n) is 41.7. The average molecular weight is 1040 g/mol. The third kappa shape index (κ3) is 13.4. The number of carbonyl (C=O) groups is 7. The second kappa shape index (κ2) is 23.8. The third-order valence-electron chi connectivity index (χ3n) is 15.0. The Labute approximate surface area is 431 Å². The lowest BCUT2D eigenvalue weighted by Crippen LogP contribution is -2.55. The summed E-state index contributed by atoms with van der Waals surface area (Å²) in [6.45, 7) is 1.96. The van der Waals surface area contributed by atoms with Crippen molar-refractivity contribution in [3.8, 4) is 33.8 Å². The van der Waals surface area contributed by atoms with Gasteiger partial charge in [-0.15, -0.1) is 0 Å². The molecule has 5 aliphatic rings. The molecule has 10 N–H and O–H groups in total. The molecule has 0 radical (unpaired) electrons. The van der Waals surface area contributed by atoms with E-state index in [-0.39, 0.29) is 59.9 Å². The number of rotatable bonds is 14. The van der Waals surface area contributed by atoms with Crippen molar-refractivity contribution < 1.29 is 72.9 Å². The molecule has 75 heavy (non-hydrogen) atoms. The summed E-state index contributed by atoms with van der Waals surface area (Å²) in [7, 11) is 1.38. The van der Waals surface area contributed by atoms with Crippen LogP contribution in [0.4, 0.5) is 13.2 Å². The molecule has 8 bridgehead atoms. The summed E-state index contributed by atoms with van der Waals surface area (Å²) in [4.78, 5) is 90.8. The van der Waals surface area contributed by atoms with Crippen LogP contribution in [0.15, 0.2) is 84.9 Å². The minimum atomic E-state index is -5.19. The van der Waals surface area contributed by atoms with Gasteiger partial charge in [-0.25, -0.2) is 4.79 Å². The number of hydrogen-bond acceptors (Lipinski definition) is 10. The molecule has 4 fully saturated rings. The van der Waals surface area contributed by atoms with E-state index >= 15 is 0 Å². The number of likely N-dealkylation sites (N-methyl/N-ethyl adjacent to an activating group) is 1. The standard InChI is InChI=1S/C53H62N6O9.C2HF3O2/c1-29-49(63)58-43(53(67)68)27-30-6-16-44(60)40(26-30)41-28-37(15-17-45(41)61)48(51(65)56-29)59(2)52(66)42(5-3-4-19-54)57-46(62)18-20-55-50(64)36-13-9-34(10-14-36)33-7-11-35(12-8-33)47-38-22-31-21-32(24-38)25-39(47)23-31;3-2(4,5)1(6)7/h6-17,26,28-29,31-32,38-39,42-43,47-48,60-61H,3-5,18-25,27,54H2,1-2H3,(H,55,64)(H,56,65)(H,57,62)(H,58,63)(H,67,68);(H,6,7)/t29-,31?,32?,38?,39?,42-,43-,47?,48-;/m0./s1. The molecular formula is C55H63F3N6O11. The number of fused-ring (bicyclic) bond motifs is 5. The number of benzene rings is 4. The third-order valence-corrected chi connectivity index (χ3v) is 15.0. The minimum Gasteiger partial charge on any atom is -0.542 e. The predicted octanol–water partition coefficient (Wildman–Crippen LogP) is 4.12. The van der Waals surface area contributed by atoms with Crippen molar-refractivity contribution in [2.24, 2.45) is 23.7 Å². The number of aromatic hydroxyl groups is 2. The zero-order chi connectivity index (χ0) is 54.3. The predicted molar refractivity (Wildman–Crippen MR) is 265 cm³/mol. The first kappa shape index (κ1) is 55.3. The zero-order valence-corrected chi connectivity index (χ0v) is 41.7. The van der Waals surface area contributed by atoms with Crippen molar-refractivity contribution in [1.82, 2.24) is 26.2 Å². The van der Waals surface area contributed by atoms with Crippen LogP contribution < -0.4 is 32.1 Å². The molecule has 4 aromatic carbocycles. The van der Waals surface area contributed by atoms with Gasteiger partial charge in [-0.1, -0.05) is 48.5 Å². The van der Waals surface area contributed by atoms with E-state index in [1.54, 1.807) is 12.1 Å². The molecule has 400 valence electrons. The maximum Gasteiger partial charge on any atom is 0.430 e. The van der Waals surface area contributed by atoms with Crippen molar-refractivity contribution in [2.75, 3.05) is 20.1 Å². The molecule has 20 heteroatoms. The molecule has 5 amide bonds. The second-order valence-electron chi connectivity index (χ2n) is 20.2. The molecule has 0 aromatic heterocycles. The average Bonchev–Trinajstić information content (AvgIpc) is 3.36. The van der Waals surface area contributed by atoms with Gasteiger partial charge in [0.2, 0.25) is 23.6 Å². The number of aliphatic carboxylic acids is 2. The number of carboxylic acid groups (broad SMARTS) is 2. The summed E-state index contributed by atoms with van der Waals surface area (Å²) in [6.07, 6.45) is 2.85. The first-order valence-electron chi connectivity index (χ1n) is 25.2. The van der Waals surface area contributed by atoms with Crippen molar-refractivity contribution >= 4 is 41.5 Å². The molecule has 4 aromatic rings. The first-order chi connectivity index (χ1) is 35.6. The van der Waals surface area contributed by atoms with Crippen LogP contribution in [0.3, 0.4) is 0 Å². The molecule has 4 saturated carbocycles. The Morgan fingerprint density at radius 1 is 0.787 bits per heavy atom. The lowest BCUT2D eigenvalue weighted by atomic mass is 9.51. The number of carboxylic acids is 2. The number of nitrogens with zero attached hydrogens (tertiary/aromatic N) is 1. The highest BCUT2D eigenvalue weighted by atomic mass is 19.4. The van der Waals surface area contributed by atoms with Crippen LogP contribution in [-0.4, -0.2) is 106 Å². The van der Waals surface area contributed by atoms with Gasteiger partial charge in [0.25, 0.3) is 5.91 Å². The monoisotopic (exact) mass is 1040 g/mol. The largest absolute Gasteiger partial charge is 0.542 e. The van der Waals surface area contributed by atoms with E-state index in [2.05, 4.69) is 51.3 Å². The molecular weight excluding hydrogens is 978 g/mol. The van der Waals surface area contributed by atoms with Crippen LogP contribution in [-0.2, 0) is 35.2 Å². The number of phenols is 2. The lowest BCUT2D eigenvalue weighted by Gasteiger charge is -2.54. The number of unbranched alkanes of at least 4 members (excludes halogenated alkanes) is 1. The van der Waals surface area contributed by atoms with E-state index in [4.69, 9.17) is 9.90 Å². The number of carbonyl (C=O) groups excluding carboxylic acids is 6. The van der Waals surface area contributed by atoms with E-state index in [0.717, 1.165) is 39.7 Å². The maximum atomic E-state index is 14.5. The molecule has 0 spiro atoms. The molecule has 1 aliphatic heterocycles. The summed E-state index contributed by atoms with van der Waals surface area (Å²) in [6, 6.07) is 19.7. The van der Waals surface area contributed by atoms with Crippen LogP contribution in [0.2, 0.25) is 0 Å². The van der Waals surface area contributed by atoms with E-state index in [9.17, 15) is 57.3 Å². The Hall–Kier alpha value is -7.48. The van der Waals surface area contributed by atoms with Crippen LogP contribution >= 0.6 is 0 Å². The van der Waals surface area contributed by atoms with Crippen molar-refractivity contribution in [3.63, 3.8) is 0 Å². The summed E-state index contributed by atoms with van der Waals surface area (Å²) in [5, 5.41) is 51.3. The fourth-order valence-corrected chi connectivity index (χ4v) is 11.5. The summed E-state index contributed by atoms with van der Waals surface area (Å²) < 4.78 is 31.5. The van der Waals surface area contributed by atoms with Crippen molar-refractivity contribution in [2.45, 2.75) is 107 Å². The normalized spacial score (nSPS) is 23.2. The number of halogens is 3. The van der Waals surface area contributed by atoms with Gasteiger partial charge in [0.1, 0.15) is 41.6 Å². The van der Waals surface area contributed by atoms with Gasteiger partial charge >= 0.3 is 12.1 Å². The summed E-state index contributed by atoms with van der Waals surface area (Å²) >= 11 is 0. The highest BCUT2D eigenvalue weighted by Crippen LogP contribution is 2.59. The Kier molecular flexibility index (Phi) is 17.5. The molecule has 0 saturated heterocycles. The molecule has 0 unspecified atom stereocenters. The molecule has 9 rings (SSSR count). The topological polar surface area (TPSA) is 282 Å². The van der Waals surface area contributed by atoms with Gasteiger partial charge in [0.05, 0.1) is 6.54 Å². The Morgan fingerprint density at radius 3 is 1.92 bits per heavy atom. The van der Waals surface area contributed by atoms with Gasteiger partial charge in [0, 0.05) is 43.1 Å². The molecule has 1 heterocycles. The van der Waals surface area contributed by atoms with Crippen molar-refractivity contribution in [3.05, 3.63) is 107 Å². The number of hydrogen-bond donors (Lipinski definition) is 8. The van der Waals surface area contributed by atoms with Crippen LogP contribution in [0.25, 0.3) is 22.3 Å². The second-order valence-corrected chi connectivity index (χ2v) is 20.2. The van der Waals surface area contributed by atoms with Gasteiger partial charge in [-0.05, 0) is 152 Å². The Bertz CT molecular complexity index is 2740. The van der Waals surface area contributed by atoms with E-state index < -0.39 is 65.9 Å². The minimum absolute atomic E-state index is 0.00773. The number of nitrogens with one attached hydrogen (secondary N) is 4. The summed E-state index contributed by atoms with van der Waals surface area (Å²) in [5.74, 6) is -3.72. The molecule has 4 aliphatic carbocycles. The fraction of sp³-hybridized carbons (Fsp3) is 0.436. The number of alkyl halides is 3. The highest BCUT2D eigenvalue weighted by Gasteiger charge is 2.48. The SMILES string of the molecule is C[C@@H]1NC(=O)[C@@H](N(C)C(=O)[C@H](CCCC[NH3+])NC(=O)CCNC(=O)c2ccc(-c3ccc(C4C5CC6CC(C5)CC4C6)cc3)cc2)c2ccc(O)c(c2)-c2cc(ccc2O)C[C@@H](C(=O)O)NC1=O.O=C([O-])C(F)(F)F. The van der Waals surface area contributed by atoms with E-state index in [1.807, 2.05) is 12.1 Å². The first-order valence-corrected chi connectivity index (χ1v) is 25.2. The van der Waals surface area contributed by atoms with Gasteiger partial charge in [0.15, 0.2) is 0 Å². The number of amides is 5. The maximum absolute atomic E-state index is 14.5.